The molecule has 0 bridgehead atoms. The van der Waals surface area contributed by atoms with Crippen LogP contribution < -0.4 is 5.73 Å². The molecule has 3 atom stereocenters. The van der Waals surface area contributed by atoms with Crippen molar-refractivity contribution in [3.8, 4) is 0 Å². The van der Waals surface area contributed by atoms with E-state index in [9.17, 15) is 22.0 Å². The average molecular weight is 448 g/mol. The quantitative estimate of drug-likeness (QED) is 0.572. The molecule has 1 aromatic carbocycles. The highest BCUT2D eigenvalue weighted by Gasteiger charge is 2.39. The van der Waals surface area contributed by atoms with E-state index in [-0.39, 0.29) is 18.2 Å². The minimum atomic E-state index is -4.34. The first-order valence-electron chi connectivity index (χ1n) is 9.41. The van der Waals surface area contributed by atoms with E-state index in [2.05, 4.69) is 4.98 Å². The summed E-state index contributed by atoms with van der Waals surface area (Å²) in [6.07, 6.45) is -2.98. The molecule has 3 heterocycles. The lowest BCUT2D eigenvalue weighted by Gasteiger charge is -2.38. The number of alkyl halides is 3. The van der Waals surface area contributed by atoms with Gasteiger partial charge < -0.3 is 15.0 Å². The molecule has 1 fully saturated rings. The summed E-state index contributed by atoms with van der Waals surface area (Å²) in [6.45, 7) is -0.166. The fraction of sp³-hybridized carbons (Fsp3) is 0.526. The molecule has 5 nitrogen and oxygen atoms in total. The maximum atomic E-state index is 14.1. The molecule has 4 rings (SSSR count). The van der Waals surface area contributed by atoms with Gasteiger partial charge in [0.1, 0.15) is 24.3 Å². The smallest absolute Gasteiger partial charge is 0.370 e. The third kappa shape index (κ3) is 4.20. The van der Waals surface area contributed by atoms with Crippen LogP contribution in [0.25, 0.3) is 0 Å². The molecular formula is C19H21F5N4OS. The van der Waals surface area contributed by atoms with Gasteiger partial charge in [0.2, 0.25) is 0 Å². The van der Waals surface area contributed by atoms with Gasteiger partial charge in [-0.15, -0.1) is 0 Å². The van der Waals surface area contributed by atoms with Crippen LogP contribution in [0.2, 0.25) is 0 Å². The molecule has 30 heavy (non-hydrogen) atoms. The fourth-order valence-corrected chi connectivity index (χ4v) is 4.76. The number of hydrogen-bond donors (Lipinski definition) is 1. The summed E-state index contributed by atoms with van der Waals surface area (Å²) in [6, 6.07) is 2.42. The van der Waals surface area contributed by atoms with Gasteiger partial charge in [0, 0.05) is 30.7 Å². The topological polar surface area (TPSA) is 56.3 Å². The van der Waals surface area contributed by atoms with Crippen molar-refractivity contribution < 1.29 is 26.7 Å². The number of fused-ring (bicyclic) bond motifs is 1. The second-order valence-corrected chi connectivity index (χ2v) is 8.34. The Morgan fingerprint density at radius 2 is 2.03 bits per heavy atom. The zero-order chi connectivity index (χ0) is 21.6. The summed E-state index contributed by atoms with van der Waals surface area (Å²) < 4.78 is 73.6. The molecule has 0 radical (unpaired) electrons. The van der Waals surface area contributed by atoms with Crippen LogP contribution in [0.5, 0.6) is 0 Å². The number of aromatic nitrogens is 2. The molecule has 1 aromatic heterocycles. The van der Waals surface area contributed by atoms with E-state index >= 15 is 0 Å². The second kappa shape index (κ2) is 8.10. The number of benzene rings is 1. The van der Waals surface area contributed by atoms with E-state index < -0.39 is 36.5 Å². The van der Waals surface area contributed by atoms with Gasteiger partial charge in [-0.2, -0.15) is 13.2 Å². The monoisotopic (exact) mass is 448 g/mol. The molecule has 0 saturated carbocycles. The highest BCUT2D eigenvalue weighted by molar-refractivity contribution is 7.98. The maximum Gasteiger partial charge on any atom is 0.406 e. The highest BCUT2D eigenvalue weighted by atomic mass is 32.2. The maximum absolute atomic E-state index is 14.1. The Bertz CT molecular complexity index is 934. The first-order valence-corrected chi connectivity index (χ1v) is 10.6. The number of thioether (sulfide) groups is 1. The van der Waals surface area contributed by atoms with Gasteiger partial charge in [0.15, 0.2) is 5.16 Å². The Kier molecular flexibility index (Phi) is 5.82. The summed E-state index contributed by atoms with van der Waals surface area (Å²) in [5, 5.41) is 0.343. The number of nitrogens with two attached hydrogens (primary N) is 1. The largest absolute Gasteiger partial charge is 0.406 e. The second-order valence-electron chi connectivity index (χ2n) is 7.57. The molecular weight excluding hydrogens is 427 g/mol. The van der Waals surface area contributed by atoms with Crippen molar-refractivity contribution in [1.29, 1.82) is 0 Å². The van der Waals surface area contributed by atoms with Crippen LogP contribution in [0, 0.1) is 11.6 Å². The zero-order valence-electron chi connectivity index (χ0n) is 16.1. The predicted molar refractivity (Wildman–Crippen MR) is 101 cm³/mol. The third-order valence-electron chi connectivity index (χ3n) is 5.53. The molecule has 11 heteroatoms. The van der Waals surface area contributed by atoms with E-state index in [1.54, 1.807) is 6.26 Å². The average Bonchev–Trinajstić information content (AvgIpc) is 3.22. The van der Waals surface area contributed by atoms with Crippen molar-refractivity contribution in [2.45, 2.75) is 55.6 Å². The molecule has 2 aliphatic rings. The van der Waals surface area contributed by atoms with Crippen molar-refractivity contribution in [3.05, 3.63) is 46.8 Å². The SMILES string of the molecule is CSc1nc2c(n1CC(F)(F)F)CN(C1CO[C@H](c3cc(F)ccc3F)C(N)C1)C2. The Hall–Kier alpha value is -1.69. The number of hydrogen-bond acceptors (Lipinski definition) is 5. The van der Waals surface area contributed by atoms with Crippen molar-refractivity contribution in [2.24, 2.45) is 5.73 Å². The van der Waals surface area contributed by atoms with E-state index in [1.165, 1.54) is 16.3 Å². The van der Waals surface area contributed by atoms with Crippen LogP contribution in [0.3, 0.4) is 0 Å². The first kappa shape index (κ1) is 21.5. The first-order chi connectivity index (χ1) is 14.2. The summed E-state index contributed by atoms with van der Waals surface area (Å²) in [4.78, 5) is 6.34. The minimum Gasteiger partial charge on any atom is -0.370 e. The van der Waals surface area contributed by atoms with Crippen molar-refractivity contribution in [1.82, 2.24) is 14.5 Å². The standard InChI is InChI=1S/C19H21F5N4OS/c1-30-18-26-15-6-27(7-16(15)28(18)9-19(22,23)24)11-5-14(25)17(29-8-11)12-4-10(20)2-3-13(12)21/h2-4,11,14,17H,5-9,25H2,1H3/t11?,14?,17-/m1/s1. The Balaban J connectivity index is 1.47. The van der Waals surface area contributed by atoms with Crippen molar-refractivity contribution >= 4 is 11.8 Å². The predicted octanol–water partition coefficient (Wildman–Crippen LogP) is 3.62. The van der Waals surface area contributed by atoms with Crippen LogP contribution in [0.4, 0.5) is 22.0 Å². The van der Waals surface area contributed by atoms with Crippen LogP contribution in [0.15, 0.2) is 23.4 Å². The van der Waals surface area contributed by atoms with Gasteiger partial charge in [0.25, 0.3) is 0 Å². The van der Waals surface area contributed by atoms with Crippen LogP contribution in [-0.2, 0) is 24.4 Å². The van der Waals surface area contributed by atoms with Gasteiger partial charge in [-0.1, -0.05) is 11.8 Å². The fourth-order valence-electron chi connectivity index (χ4n) is 4.16. The number of imidazole rings is 1. The molecule has 164 valence electrons. The van der Waals surface area contributed by atoms with Crippen LogP contribution in [0.1, 0.15) is 29.5 Å². The van der Waals surface area contributed by atoms with Crippen LogP contribution >= 0.6 is 11.8 Å². The number of rotatable bonds is 4. The van der Waals surface area contributed by atoms with Gasteiger partial charge in [-0.05, 0) is 30.9 Å². The van der Waals surface area contributed by atoms with E-state index in [0.29, 0.717) is 36.1 Å². The third-order valence-corrected chi connectivity index (χ3v) is 6.21. The normalized spacial score (nSPS) is 25.0. The summed E-state index contributed by atoms with van der Waals surface area (Å²) in [7, 11) is 0. The van der Waals surface area contributed by atoms with E-state index in [4.69, 9.17) is 10.5 Å². The molecule has 0 amide bonds. The highest BCUT2D eigenvalue weighted by Crippen LogP contribution is 2.36. The van der Waals surface area contributed by atoms with Crippen molar-refractivity contribution in [2.75, 3.05) is 12.9 Å². The Morgan fingerprint density at radius 1 is 1.27 bits per heavy atom. The Morgan fingerprint density at radius 3 is 2.70 bits per heavy atom. The summed E-state index contributed by atoms with van der Waals surface area (Å²) in [5.41, 5.74) is 7.46. The van der Waals surface area contributed by atoms with Gasteiger partial charge >= 0.3 is 6.18 Å². The van der Waals surface area contributed by atoms with E-state index in [1.807, 2.05) is 4.90 Å². The molecule has 2 aliphatic heterocycles. The molecule has 2 N–H and O–H groups in total. The molecule has 0 spiro atoms. The lowest BCUT2D eigenvalue weighted by atomic mass is 9.93. The summed E-state index contributed by atoms with van der Waals surface area (Å²) >= 11 is 1.18. The minimum absolute atomic E-state index is 0.0774. The molecule has 1 saturated heterocycles. The molecule has 2 aromatic rings. The number of ether oxygens (including phenoxy) is 1. The van der Waals surface area contributed by atoms with Gasteiger partial charge in [-0.3, -0.25) is 4.90 Å². The lowest BCUT2D eigenvalue weighted by molar-refractivity contribution is -0.142. The van der Waals surface area contributed by atoms with Gasteiger partial charge in [-0.25, -0.2) is 13.8 Å². The van der Waals surface area contributed by atoms with Gasteiger partial charge in [0.05, 0.1) is 18.0 Å². The molecule has 0 aliphatic carbocycles. The lowest BCUT2D eigenvalue weighted by Crippen LogP contribution is -2.48. The number of halogens is 5. The summed E-state index contributed by atoms with van der Waals surface area (Å²) in [5.74, 6) is -1.16. The zero-order valence-corrected chi connectivity index (χ0v) is 16.9. The van der Waals surface area contributed by atoms with E-state index in [0.717, 1.165) is 18.2 Å². The number of nitrogens with zero attached hydrogens (tertiary/aromatic N) is 3. The van der Waals surface area contributed by atoms with Crippen molar-refractivity contribution in [3.63, 3.8) is 0 Å². The molecule has 2 unspecified atom stereocenters. The van der Waals surface area contributed by atoms with Crippen LogP contribution in [-0.4, -0.2) is 45.6 Å². The Labute approximate surface area is 174 Å².